The molecule has 2 amide bonds. The van der Waals surface area contributed by atoms with Gasteiger partial charge in [-0.15, -0.1) is 11.3 Å². The second kappa shape index (κ2) is 9.37. The van der Waals surface area contributed by atoms with Gasteiger partial charge in [0.1, 0.15) is 0 Å². The Morgan fingerprint density at radius 3 is 2.86 bits per heavy atom. The minimum absolute atomic E-state index is 0.0380. The summed E-state index contributed by atoms with van der Waals surface area (Å²) in [6.45, 7) is -0.795. The van der Waals surface area contributed by atoms with Crippen molar-refractivity contribution in [1.82, 2.24) is 20.2 Å². The monoisotopic (exact) mass is 521 g/mol. The molecule has 2 N–H and O–H groups in total. The van der Waals surface area contributed by atoms with Gasteiger partial charge in [-0.25, -0.2) is 19.2 Å². The van der Waals surface area contributed by atoms with Crippen LogP contribution in [-0.4, -0.2) is 52.7 Å². The Morgan fingerprint density at radius 2 is 2.06 bits per heavy atom. The Balaban J connectivity index is 1.32. The van der Waals surface area contributed by atoms with Crippen LogP contribution in [-0.2, 0) is 24.1 Å². The zero-order valence-corrected chi connectivity index (χ0v) is 19.4. The van der Waals surface area contributed by atoms with Crippen LogP contribution in [0.4, 0.5) is 33.9 Å². The maximum Gasteiger partial charge on any atom is 0.422 e. The average Bonchev–Trinajstić information content (AvgIpc) is 3.27. The molecular formula is C23H19F4N5O3S. The molecule has 0 radical (unpaired) electrons. The fraction of sp³-hybridized carbons (Fsp3) is 0.304. The van der Waals surface area contributed by atoms with Crippen molar-refractivity contribution in [3.05, 3.63) is 57.8 Å². The van der Waals surface area contributed by atoms with Gasteiger partial charge >= 0.3 is 12.3 Å². The van der Waals surface area contributed by atoms with Crippen molar-refractivity contribution in [3.8, 4) is 10.7 Å². The van der Waals surface area contributed by atoms with E-state index in [0.717, 1.165) is 22.2 Å². The first-order chi connectivity index (χ1) is 17.2. The van der Waals surface area contributed by atoms with Gasteiger partial charge in [-0.05, 0) is 48.2 Å². The van der Waals surface area contributed by atoms with E-state index < -0.39 is 24.7 Å². The van der Waals surface area contributed by atoms with Gasteiger partial charge in [0.2, 0.25) is 0 Å². The van der Waals surface area contributed by atoms with Gasteiger partial charge in [-0.2, -0.15) is 13.2 Å². The van der Waals surface area contributed by atoms with Crippen LogP contribution in [0.15, 0.2) is 30.5 Å². The number of halogens is 4. The Kier molecular flexibility index (Phi) is 6.24. The number of amides is 2. The lowest BCUT2D eigenvalue weighted by Gasteiger charge is -2.26. The third-order valence-electron chi connectivity index (χ3n) is 5.74. The molecule has 2 aromatic heterocycles. The lowest BCUT2D eigenvalue weighted by molar-refractivity contribution is -0.162. The highest BCUT2D eigenvalue weighted by Gasteiger charge is 2.32. The molecule has 0 spiro atoms. The minimum atomic E-state index is -4.59. The summed E-state index contributed by atoms with van der Waals surface area (Å²) in [5.41, 5.74) is 2.75. The first-order valence-electron chi connectivity index (χ1n) is 11.0. The lowest BCUT2D eigenvalue weighted by Crippen LogP contribution is -2.37. The van der Waals surface area contributed by atoms with E-state index in [0.29, 0.717) is 35.5 Å². The van der Waals surface area contributed by atoms with Crippen molar-refractivity contribution in [2.24, 2.45) is 0 Å². The third kappa shape index (κ3) is 5.10. The highest BCUT2D eigenvalue weighted by molar-refractivity contribution is 7.15. The van der Waals surface area contributed by atoms with Crippen LogP contribution >= 0.6 is 11.3 Å². The summed E-state index contributed by atoms with van der Waals surface area (Å²) in [5, 5.41) is 5.71. The number of benzene rings is 1. The summed E-state index contributed by atoms with van der Waals surface area (Å²) in [5.74, 6) is -0.577. The van der Waals surface area contributed by atoms with Gasteiger partial charge in [-0.1, -0.05) is 0 Å². The van der Waals surface area contributed by atoms with E-state index in [1.165, 1.54) is 16.2 Å². The Labute approximate surface area is 206 Å². The van der Waals surface area contributed by atoms with Crippen molar-refractivity contribution < 1.29 is 31.9 Å². The molecule has 8 nitrogen and oxygen atoms in total. The number of hydrogen-bond donors (Lipinski definition) is 2. The Hall–Kier alpha value is -3.74. The number of anilines is 2. The van der Waals surface area contributed by atoms with Gasteiger partial charge in [0.25, 0.3) is 5.91 Å². The standard InChI is InChI=1S/C23H19F4N5O3S/c24-16-9-29-20(31-19(16)30-14-1-2-15-12(7-14)3-5-28-21(15)33)18-8-13-10-32(6-4-17(13)36-18)22(34)35-11-23(25,26)27/h1-2,7-9H,3-6,10-11H2,(H,28,33)(H,29,30,31). The number of ether oxygens (including phenoxy) is 1. The molecular weight excluding hydrogens is 502 g/mol. The van der Waals surface area contributed by atoms with Gasteiger partial charge in [0.15, 0.2) is 24.1 Å². The molecule has 1 aromatic carbocycles. The van der Waals surface area contributed by atoms with Crippen molar-refractivity contribution in [2.75, 3.05) is 25.0 Å². The summed E-state index contributed by atoms with van der Waals surface area (Å²) in [6, 6.07) is 6.87. The number of carbonyl (C=O) groups is 2. The summed E-state index contributed by atoms with van der Waals surface area (Å²) in [6.07, 6.45) is -3.47. The van der Waals surface area contributed by atoms with Gasteiger partial charge in [-0.3, -0.25) is 4.79 Å². The lowest BCUT2D eigenvalue weighted by atomic mass is 10.00. The molecule has 188 valence electrons. The van der Waals surface area contributed by atoms with Crippen molar-refractivity contribution >= 4 is 34.8 Å². The molecule has 0 unspecified atom stereocenters. The molecule has 2 aliphatic heterocycles. The smallest absolute Gasteiger partial charge is 0.422 e. The van der Waals surface area contributed by atoms with E-state index in [-0.39, 0.29) is 30.6 Å². The van der Waals surface area contributed by atoms with Crippen LogP contribution in [0, 0.1) is 5.82 Å². The number of alkyl halides is 3. The largest absolute Gasteiger partial charge is 0.440 e. The number of rotatable bonds is 4. The predicted molar refractivity (Wildman–Crippen MR) is 123 cm³/mol. The van der Waals surface area contributed by atoms with E-state index in [1.54, 1.807) is 24.3 Å². The van der Waals surface area contributed by atoms with Crippen molar-refractivity contribution in [2.45, 2.75) is 25.6 Å². The van der Waals surface area contributed by atoms with Crippen molar-refractivity contribution in [1.29, 1.82) is 0 Å². The van der Waals surface area contributed by atoms with E-state index >= 15 is 0 Å². The van der Waals surface area contributed by atoms with Gasteiger partial charge in [0, 0.05) is 29.2 Å². The molecule has 0 aliphatic carbocycles. The second-order valence-corrected chi connectivity index (χ2v) is 9.43. The predicted octanol–water partition coefficient (Wildman–Crippen LogP) is 4.43. The van der Waals surface area contributed by atoms with E-state index in [1.807, 2.05) is 0 Å². The number of nitrogens with zero attached hydrogens (tertiary/aromatic N) is 3. The van der Waals surface area contributed by atoms with Crippen LogP contribution in [0.1, 0.15) is 26.4 Å². The summed E-state index contributed by atoms with van der Waals surface area (Å²) < 4.78 is 55.9. The molecule has 0 atom stereocenters. The molecule has 4 heterocycles. The number of hydrogen-bond acceptors (Lipinski definition) is 7. The molecule has 0 saturated heterocycles. The third-order valence-corrected chi connectivity index (χ3v) is 6.97. The van der Waals surface area contributed by atoms with Gasteiger partial charge < -0.3 is 20.3 Å². The summed E-state index contributed by atoms with van der Waals surface area (Å²) in [4.78, 5) is 35.1. The summed E-state index contributed by atoms with van der Waals surface area (Å²) in [7, 11) is 0. The molecule has 0 saturated carbocycles. The first kappa shape index (κ1) is 24.0. The zero-order valence-electron chi connectivity index (χ0n) is 18.6. The number of aromatic nitrogens is 2. The second-order valence-electron chi connectivity index (χ2n) is 8.29. The molecule has 0 fully saturated rings. The highest BCUT2D eigenvalue weighted by Crippen LogP contribution is 2.34. The van der Waals surface area contributed by atoms with Crippen LogP contribution in [0.3, 0.4) is 0 Å². The maximum atomic E-state index is 14.5. The maximum absolute atomic E-state index is 14.5. The SMILES string of the molecule is O=C1NCCc2cc(Nc3nc(-c4cc5c(s4)CCN(C(=O)OCC(F)(F)F)C5)ncc3F)ccc21. The van der Waals surface area contributed by atoms with Gasteiger partial charge in [0.05, 0.1) is 17.6 Å². The molecule has 5 rings (SSSR count). The zero-order chi connectivity index (χ0) is 25.4. The summed E-state index contributed by atoms with van der Waals surface area (Å²) >= 11 is 1.38. The van der Waals surface area contributed by atoms with Crippen LogP contribution in [0.25, 0.3) is 10.7 Å². The number of carbonyl (C=O) groups excluding carboxylic acids is 2. The van der Waals surface area contributed by atoms with Crippen molar-refractivity contribution in [3.63, 3.8) is 0 Å². The topological polar surface area (TPSA) is 96.5 Å². The fourth-order valence-corrected chi connectivity index (χ4v) is 5.15. The highest BCUT2D eigenvalue weighted by atomic mass is 32.1. The molecule has 13 heteroatoms. The van der Waals surface area contributed by atoms with Crippen LogP contribution < -0.4 is 10.6 Å². The van der Waals surface area contributed by atoms with E-state index in [4.69, 9.17) is 0 Å². The minimum Gasteiger partial charge on any atom is -0.440 e. The Morgan fingerprint density at radius 1 is 1.22 bits per heavy atom. The Bertz CT molecular complexity index is 1340. The number of fused-ring (bicyclic) bond motifs is 2. The molecule has 0 bridgehead atoms. The molecule has 3 aromatic rings. The number of nitrogens with one attached hydrogen (secondary N) is 2. The number of thiophene rings is 1. The normalized spacial score (nSPS) is 15.1. The fourth-order valence-electron chi connectivity index (χ4n) is 4.05. The molecule has 2 aliphatic rings. The van der Waals surface area contributed by atoms with Crippen LogP contribution in [0.5, 0.6) is 0 Å². The first-order valence-corrected chi connectivity index (χ1v) is 11.8. The quantitative estimate of drug-likeness (QED) is 0.494. The molecule has 36 heavy (non-hydrogen) atoms. The van der Waals surface area contributed by atoms with Crippen LogP contribution in [0.2, 0.25) is 0 Å². The average molecular weight is 521 g/mol. The van der Waals surface area contributed by atoms with E-state index in [2.05, 4.69) is 25.3 Å². The van der Waals surface area contributed by atoms with E-state index in [9.17, 15) is 27.2 Å².